The first kappa shape index (κ1) is 18.3. The average molecular weight is 415 g/mol. The summed E-state index contributed by atoms with van der Waals surface area (Å²) >= 11 is 12.4. The minimum atomic E-state index is 0.547. The quantitative estimate of drug-likeness (QED) is 0.502. The molecule has 0 unspecified atom stereocenters. The van der Waals surface area contributed by atoms with Crippen LogP contribution in [0.15, 0.2) is 30.6 Å². The molecule has 0 amide bonds. The molecule has 4 nitrogen and oxygen atoms in total. The van der Waals surface area contributed by atoms with Crippen molar-refractivity contribution in [3.8, 4) is 11.1 Å². The van der Waals surface area contributed by atoms with Gasteiger partial charge in [-0.05, 0) is 55.7 Å². The third-order valence-corrected chi connectivity index (χ3v) is 7.43. The van der Waals surface area contributed by atoms with Crippen LogP contribution in [0.2, 0.25) is 10.0 Å². The van der Waals surface area contributed by atoms with Crippen molar-refractivity contribution in [3.63, 3.8) is 0 Å². The van der Waals surface area contributed by atoms with Gasteiger partial charge in [-0.1, -0.05) is 42.1 Å². The van der Waals surface area contributed by atoms with Gasteiger partial charge in [0.2, 0.25) is 5.95 Å². The van der Waals surface area contributed by atoms with Gasteiger partial charge in [0.1, 0.15) is 5.65 Å². The summed E-state index contributed by atoms with van der Waals surface area (Å²) in [6, 6.07) is 5.71. The van der Waals surface area contributed by atoms with Crippen LogP contribution in [0.1, 0.15) is 44.2 Å². The molecule has 2 fully saturated rings. The third-order valence-electron chi connectivity index (χ3n) is 6.69. The zero-order valence-corrected chi connectivity index (χ0v) is 17.6. The van der Waals surface area contributed by atoms with Crippen LogP contribution in [0.4, 0.5) is 5.95 Å². The number of piperidine rings is 1. The molecule has 2 aromatic heterocycles. The Labute approximate surface area is 175 Å². The molecular weight excluding hydrogens is 391 g/mol. The summed E-state index contributed by atoms with van der Waals surface area (Å²) in [5.41, 5.74) is 4.48. The predicted molar refractivity (Wildman–Crippen MR) is 116 cm³/mol. The molecular formula is C22H24Cl2N4. The van der Waals surface area contributed by atoms with E-state index in [0.717, 1.165) is 41.5 Å². The Bertz CT molecular complexity index is 1030. The van der Waals surface area contributed by atoms with Crippen molar-refractivity contribution >= 4 is 34.8 Å². The highest BCUT2D eigenvalue weighted by Crippen LogP contribution is 2.46. The molecule has 6 heteroatoms. The lowest BCUT2D eigenvalue weighted by Crippen LogP contribution is -2.40. The second-order valence-electron chi connectivity index (χ2n) is 8.32. The molecule has 1 aromatic carbocycles. The third kappa shape index (κ3) is 2.98. The fourth-order valence-corrected chi connectivity index (χ4v) is 5.39. The first-order valence-electron chi connectivity index (χ1n) is 10.1. The van der Waals surface area contributed by atoms with Gasteiger partial charge in [0.05, 0.1) is 15.7 Å². The Morgan fingerprint density at radius 2 is 1.75 bits per heavy atom. The molecule has 1 saturated carbocycles. The van der Waals surface area contributed by atoms with E-state index < -0.39 is 0 Å². The summed E-state index contributed by atoms with van der Waals surface area (Å²) < 4.78 is 2.12. The second-order valence-corrected chi connectivity index (χ2v) is 9.13. The fourth-order valence-electron chi connectivity index (χ4n) is 5.09. The lowest BCUT2D eigenvalue weighted by atomic mass is 9.77. The van der Waals surface area contributed by atoms with Gasteiger partial charge in [-0.15, -0.1) is 0 Å². The number of halogens is 2. The van der Waals surface area contributed by atoms with Crippen molar-refractivity contribution in [1.82, 2.24) is 14.4 Å². The molecule has 2 aliphatic rings. The lowest BCUT2D eigenvalue weighted by Gasteiger charge is -2.40. The monoisotopic (exact) mass is 414 g/mol. The van der Waals surface area contributed by atoms with E-state index in [4.69, 9.17) is 28.2 Å². The van der Waals surface area contributed by atoms with Gasteiger partial charge in [0, 0.05) is 31.0 Å². The fraction of sp³-hybridized carbons (Fsp3) is 0.455. The molecule has 0 radical (unpaired) electrons. The molecule has 5 rings (SSSR count). The number of benzene rings is 1. The van der Waals surface area contributed by atoms with E-state index in [1.807, 2.05) is 30.6 Å². The van der Waals surface area contributed by atoms with E-state index in [9.17, 15) is 0 Å². The van der Waals surface area contributed by atoms with Crippen LogP contribution >= 0.6 is 23.2 Å². The molecule has 28 heavy (non-hydrogen) atoms. The van der Waals surface area contributed by atoms with Gasteiger partial charge in [0.25, 0.3) is 0 Å². The molecule has 0 atom stereocenters. The van der Waals surface area contributed by atoms with E-state index in [1.165, 1.54) is 38.5 Å². The Hall–Kier alpha value is -1.78. The lowest BCUT2D eigenvalue weighted by molar-refractivity contribution is 0.225. The van der Waals surface area contributed by atoms with Crippen LogP contribution in [0.5, 0.6) is 0 Å². The van der Waals surface area contributed by atoms with Crippen LogP contribution in [0, 0.1) is 12.3 Å². The number of hydrogen-bond donors (Lipinski definition) is 0. The van der Waals surface area contributed by atoms with Crippen molar-refractivity contribution in [2.45, 2.75) is 45.4 Å². The molecule has 1 spiro atoms. The number of aryl methyl sites for hydroxylation is 1. The van der Waals surface area contributed by atoms with Crippen molar-refractivity contribution in [3.05, 3.63) is 46.3 Å². The summed E-state index contributed by atoms with van der Waals surface area (Å²) in [6.07, 6.45) is 12.0. The summed E-state index contributed by atoms with van der Waals surface area (Å²) in [5.74, 6) is 1.00. The molecule has 146 valence electrons. The predicted octanol–water partition coefficient (Wildman–Crippen LogP) is 6.17. The minimum Gasteiger partial charge on any atom is -0.342 e. The van der Waals surface area contributed by atoms with Gasteiger partial charge >= 0.3 is 0 Å². The zero-order chi connectivity index (χ0) is 19.3. The molecule has 0 N–H and O–H groups in total. The molecule has 1 aliphatic carbocycles. The number of anilines is 1. The summed E-state index contributed by atoms with van der Waals surface area (Å²) in [5, 5.41) is 1.10. The van der Waals surface area contributed by atoms with Crippen molar-refractivity contribution in [2.24, 2.45) is 5.41 Å². The highest BCUT2D eigenvalue weighted by molar-refractivity contribution is 6.42. The maximum atomic E-state index is 6.27. The van der Waals surface area contributed by atoms with E-state index in [-0.39, 0.29) is 0 Å². The summed E-state index contributed by atoms with van der Waals surface area (Å²) in [7, 11) is 0. The number of nitrogens with zero attached hydrogens (tertiary/aromatic N) is 4. The molecule has 3 aromatic rings. The number of fused-ring (bicyclic) bond motifs is 1. The summed E-state index contributed by atoms with van der Waals surface area (Å²) in [4.78, 5) is 12.1. The van der Waals surface area contributed by atoms with Crippen molar-refractivity contribution < 1.29 is 0 Å². The van der Waals surface area contributed by atoms with Gasteiger partial charge in [-0.2, -0.15) is 0 Å². The number of imidazole rings is 1. The smallest absolute Gasteiger partial charge is 0.211 e. The van der Waals surface area contributed by atoms with Crippen LogP contribution in [0.25, 0.3) is 16.8 Å². The number of hydrogen-bond acceptors (Lipinski definition) is 3. The van der Waals surface area contributed by atoms with Gasteiger partial charge in [0.15, 0.2) is 0 Å². The maximum absolute atomic E-state index is 6.27. The number of rotatable bonds is 2. The van der Waals surface area contributed by atoms with E-state index in [0.29, 0.717) is 15.5 Å². The van der Waals surface area contributed by atoms with E-state index >= 15 is 0 Å². The average Bonchev–Trinajstić information content (AvgIpc) is 3.34. The van der Waals surface area contributed by atoms with E-state index in [1.54, 1.807) is 0 Å². The normalized spacial score (nSPS) is 19.0. The second kappa shape index (κ2) is 6.93. The van der Waals surface area contributed by atoms with Crippen LogP contribution in [-0.2, 0) is 0 Å². The summed E-state index contributed by atoms with van der Waals surface area (Å²) in [6.45, 7) is 4.20. The molecule has 3 heterocycles. The Morgan fingerprint density at radius 3 is 2.46 bits per heavy atom. The van der Waals surface area contributed by atoms with Crippen molar-refractivity contribution in [2.75, 3.05) is 18.0 Å². The van der Waals surface area contributed by atoms with Gasteiger partial charge in [-0.3, -0.25) is 4.40 Å². The Morgan fingerprint density at radius 1 is 1.00 bits per heavy atom. The zero-order valence-electron chi connectivity index (χ0n) is 16.1. The van der Waals surface area contributed by atoms with E-state index in [2.05, 4.69) is 21.2 Å². The highest BCUT2D eigenvalue weighted by atomic mass is 35.5. The topological polar surface area (TPSA) is 33.4 Å². The SMILES string of the molecule is Cc1nc(N2CCC3(CCCC3)CC2)n2ccnc2c1-c1ccc(Cl)c(Cl)c1. The van der Waals surface area contributed by atoms with Crippen LogP contribution in [-0.4, -0.2) is 27.5 Å². The first-order chi connectivity index (χ1) is 13.6. The Kier molecular flexibility index (Phi) is 4.52. The molecule has 1 saturated heterocycles. The molecule has 1 aliphatic heterocycles. The van der Waals surface area contributed by atoms with Gasteiger partial charge in [-0.25, -0.2) is 9.97 Å². The van der Waals surface area contributed by atoms with Crippen LogP contribution in [0.3, 0.4) is 0 Å². The first-order valence-corrected chi connectivity index (χ1v) is 10.9. The minimum absolute atomic E-state index is 0.547. The standard InChI is InChI=1S/C22H24Cl2N4/c1-15-19(16-4-5-17(23)18(24)14-16)20-25-10-13-28(20)21(26-15)27-11-8-22(9-12-27)6-2-3-7-22/h4-5,10,13-14H,2-3,6-9,11-12H2,1H3. The highest BCUT2D eigenvalue weighted by Gasteiger charge is 2.37. The van der Waals surface area contributed by atoms with Crippen molar-refractivity contribution in [1.29, 1.82) is 0 Å². The maximum Gasteiger partial charge on any atom is 0.211 e. The largest absolute Gasteiger partial charge is 0.342 e. The molecule has 0 bridgehead atoms. The Balaban J connectivity index is 1.54. The van der Waals surface area contributed by atoms with Crippen LogP contribution < -0.4 is 4.90 Å². The number of aromatic nitrogens is 3. The van der Waals surface area contributed by atoms with Gasteiger partial charge < -0.3 is 4.90 Å².